The van der Waals surface area contributed by atoms with Gasteiger partial charge in [-0.3, -0.25) is 9.69 Å². The zero-order chi connectivity index (χ0) is 23.1. The van der Waals surface area contributed by atoms with Crippen LogP contribution < -0.4 is 20.7 Å². The monoisotopic (exact) mass is 454 g/mol. The summed E-state index contributed by atoms with van der Waals surface area (Å²) in [6.45, 7) is 4.65. The molecule has 8 nitrogen and oxygen atoms in total. The first-order chi connectivity index (χ1) is 16.6. The van der Waals surface area contributed by atoms with Crippen LogP contribution in [0.4, 0.5) is 17.1 Å². The molecule has 1 fully saturated rings. The van der Waals surface area contributed by atoms with Crippen LogP contribution in [0.5, 0.6) is 5.75 Å². The highest BCUT2D eigenvalue weighted by Crippen LogP contribution is 2.34. The van der Waals surface area contributed by atoms with Gasteiger partial charge in [-0.1, -0.05) is 18.2 Å². The normalized spacial score (nSPS) is 16.2. The number of nitrogens with two attached hydrogens (primary N) is 1. The number of pyridine rings is 1. The number of benzene rings is 2. The van der Waals surface area contributed by atoms with Gasteiger partial charge in [-0.15, -0.1) is 0 Å². The van der Waals surface area contributed by atoms with Crippen molar-refractivity contribution in [1.29, 1.82) is 0 Å². The van der Waals surface area contributed by atoms with Gasteiger partial charge in [-0.25, -0.2) is 4.98 Å². The third-order valence-electron chi connectivity index (χ3n) is 6.49. The number of ether oxygens (including phenoxy) is 1. The number of imidazole rings is 1. The number of anilines is 3. The van der Waals surface area contributed by atoms with Gasteiger partial charge in [0, 0.05) is 55.9 Å². The van der Waals surface area contributed by atoms with Crippen molar-refractivity contribution in [1.82, 2.24) is 14.3 Å². The Morgan fingerprint density at radius 2 is 1.82 bits per heavy atom. The molecule has 172 valence electrons. The van der Waals surface area contributed by atoms with Crippen LogP contribution in [0.15, 0.2) is 66.9 Å². The Balaban J connectivity index is 1.31. The van der Waals surface area contributed by atoms with Gasteiger partial charge in [0.05, 0.1) is 17.1 Å². The van der Waals surface area contributed by atoms with Crippen molar-refractivity contribution in [3.05, 3.63) is 72.6 Å². The van der Waals surface area contributed by atoms with E-state index < -0.39 is 0 Å². The van der Waals surface area contributed by atoms with Crippen molar-refractivity contribution in [2.24, 2.45) is 0 Å². The molecule has 0 spiro atoms. The molecule has 0 saturated carbocycles. The molecule has 4 aromatic rings. The molecule has 4 heterocycles. The molecule has 0 bridgehead atoms. The first-order valence-corrected chi connectivity index (χ1v) is 11.5. The Kier molecular flexibility index (Phi) is 5.07. The summed E-state index contributed by atoms with van der Waals surface area (Å²) in [5.74, 6) is 0.527. The minimum atomic E-state index is -0.149. The van der Waals surface area contributed by atoms with E-state index in [1.165, 1.54) is 5.69 Å². The highest BCUT2D eigenvalue weighted by Gasteiger charge is 2.23. The SMILES string of the molecule is Nc1ccc2nc(-c3ccc4c(c3)NC(=O)CO4)c(CN3CCN(c4ccccc4)CC3)n2c1. The van der Waals surface area contributed by atoms with Gasteiger partial charge in [-0.2, -0.15) is 0 Å². The average Bonchev–Trinajstić information content (AvgIpc) is 3.22. The number of hydrogen-bond acceptors (Lipinski definition) is 6. The van der Waals surface area contributed by atoms with Crippen molar-refractivity contribution in [2.75, 3.05) is 48.7 Å². The Morgan fingerprint density at radius 1 is 1.00 bits per heavy atom. The Bertz CT molecular complexity index is 1360. The summed E-state index contributed by atoms with van der Waals surface area (Å²) in [5, 5.41) is 2.90. The minimum Gasteiger partial charge on any atom is -0.482 e. The minimum absolute atomic E-state index is 0.0419. The lowest BCUT2D eigenvalue weighted by Gasteiger charge is -2.36. The second kappa shape index (κ2) is 8.39. The number of nitrogens with zero attached hydrogens (tertiary/aromatic N) is 4. The number of piperazine rings is 1. The van der Waals surface area contributed by atoms with Gasteiger partial charge in [0.25, 0.3) is 5.91 Å². The maximum atomic E-state index is 11.8. The van der Waals surface area contributed by atoms with Crippen molar-refractivity contribution in [2.45, 2.75) is 6.54 Å². The molecule has 1 amide bonds. The van der Waals surface area contributed by atoms with Crippen LogP contribution >= 0.6 is 0 Å². The Hall–Kier alpha value is -4.04. The fourth-order valence-electron chi connectivity index (χ4n) is 4.74. The number of amides is 1. The van der Waals surface area contributed by atoms with Gasteiger partial charge in [0.2, 0.25) is 0 Å². The van der Waals surface area contributed by atoms with Crippen LogP contribution in [0.3, 0.4) is 0 Å². The number of para-hydroxylation sites is 1. The third-order valence-corrected chi connectivity index (χ3v) is 6.49. The molecule has 8 heteroatoms. The molecule has 2 aromatic carbocycles. The van der Waals surface area contributed by atoms with Gasteiger partial charge in [0.1, 0.15) is 11.4 Å². The molecular formula is C26H26N6O2. The lowest BCUT2D eigenvalue weighted by atomic mass is 10.1. The van der Waals surface area contributed by atoms with Crippen molar-refractivity contribution in [3.8, 4) is 17.0 Å². The van der Waals surface area contributed by atoms with E-state index in [0.717, 1.165) is 55.3 Å². The maximum absolute atomic E-state index is 11.8. The first kappa shape index (κ1) is 20.6. The smallest absolute Gasteiger partial charge is 0.262 e. The molecule has 3 N–H and O–H groups in total. The Morgan fingerprint density at radius 3 is 2.65 bits per heavy atom. The molecule has 1 saturated heterocycles. The van der Waals surface area contributed by atoms with E-state index in [0.29, 0.717) is 17.1 Å². The largest absolute Gasteiger partial charge is 0.482 e. The van der Waals surface area contributed by atoms with E-state index in [9.17, 15) is 4.79 Å². The molecule has 34 heavy (non-hydrogen) atoms. The number of rotatable bonds is 4. The van der Waals surface area contributed by atoms with E-state index in [4.69, 9.17) is 15.5 Å². The topological polar surface area (TPSA) is 88.1 Å². The number of fused-ring (bicyclic) bond motifs is 2. The number of aromatic nitrogens is 2. The first-order valence-electron chi connectivity index (χ1n) is 11.5. The fourth-order valence-corrected chi connectivity index (χ4v) is 4.74. The summed E-state index contributed by atoms with van der Waals surface area (Å²) in [6.07, 6.45) is 1.94. The van der Waals surface area contributed by atoms with E-state index in [1.807, 2.05) is 36.5 Å². The molecule has 0 unspecified atom stereocenters. The van der Waals surface area contributed by atoms with Crippen molar-refractivity contribution >= 4 is 28.6 Å². The lowest BCUT2D eigenvalue weighted by Crippen LogP contribution is -2.46. The van der Waals surface area contributed by atoms with Crippen LogP contribution in [-0.4, -0.2) is 53.0 Å². The third kappa shape index (κ3) is 3.82. The predicted octanol–water partition coefficient (Wildman–Crippen LogP) is 3.24. The second-order valence-electron chi connectivity index (χ2n) is 8.74. The van der Waals surface area contributed by atoms with Gasteiger partial charge in [0.15, 0.2) is 6.61 Å². The summed E-state index contributed by atoms with van der Waals surface area (Å²) in [6, 6.07) is 20.2. The Labute approximate surface area is 197 Å². The highest BCUT2D eigenvalue weighted by molar-refractivity contribution is 5.96. The fraction of sp³-hybridized carbons (Fsp3) is 0.231. The van der Waals surface area contributed by atoms with Crippen molar-refractivity contribution in [3.63, 3.8) is 0 Å². The maximum Gasteiger partial charge on any atom is 0.262 e. The molecule has 0 radical (unpaired) electrons. The molecule has 0 aliphatic carbocycles. The van der Waals surface area contributed by atoms with E-state index in [1.54, 1.807) is 0 Å². The highest BCUT2D eigenvalue weighted by atomic mass is 16.5. The number of nitrogen functional groups attached to an aromatic ring is 1. The van der Waals surface area contributed by atoms with E-state index >= 15 is 0 Å². The van der Waals surface area contributed by atoms with Crippen molar-refractivity contribution < 1.29 is 9.53 Å². The second-order valence-corrected chi connectivity index (χ2v) is 8.74. The van der Waals surface area contributed by atoms with Gasteiger partial charge in [-0.05, 0) is 42.5 Å². The molecule has 0 atom stereocenters. The zero-order valence-corrected chi connectivity index (χ0v) is 18.8. The molecule has 2 aliphatic heterocycles. The van der Waals surface area contributed by atoms with E-state index in [2.05, 4.69) is 49.8 Å². The van der Waals surface area contributed by atoms with Crippen LogP contribution in [0.1, 0.15) is 5.69 Å². The van der Waals surface area contributed by atoms with Crippen LogP contribution in [0.25, 0.3) is 16.9 Å². The standard InChI is InChI=1S/C26H26N6O2/c27-19-7-9-24-29-26(18-6-8-23-21(14-18)28-25(33)17-34-23)22(32(24)15-19)16-30-10-12-31(13-11-30)20-4-2-1-3-5-20/h1-9,14-15H,10-13,16-17,27H2,(H,28,33). The average molecular weight is 455 g/mol. The quantitative estimate of drug-likeness (QED) is 0.492. The number of carbonyl (C=O) groups excluding carboxylic acids is 1. The molecule has 6 rings (SSSR count). The number of carbonyl (C=O) groups is 1. The molecule has 2 aromatic heterocycles. The summed E-state index contributed by atoms with van der Waals surface area (Å²) in [5.41, 5.74) is 12.5. The van der Waals surface area contributed by atoms with Gasteiger partial charge >= 0.3 is 0 Å². The number of hydrogen-bond donors (Lipinski definition) is 2. The van der Waals surface area contributed by atoms with Crippen LogP contribution in [-0.2, 0) is 11.3 Å². The van der Waals surface area contributed by atoms with Crippen LogP contribution in [0, 0.1) is 0 Å². The summed E-state index contributed by atoms with van der Waals surface area (Å²) in [4.78, 5) is 21.7. The van der Waals surface area contributed by atoms with Gasteiger partial charge < -0.3 is 25.1 Å². The summed E-state index contributed by atoms with van der Waals surface area (Å²) < 4.78 is 7.62. The molecular weight excluding hydrogens is 428 g/mol. The molecule has 2 aliphatic rings. The number of nitrogens with one attached hydrogen (secondary N) is 1. The zero-order valence-electron chi connectivity index (χ0n) is 18.8. The predicted molar refractivity (Wildman–Crippen MR) is 133 cm³/mol. The van der Waals surface area contributed by atoms with E-state index in [-0.39, 0.29) is 12.5 Å². The summed E-state index contributed by atoms with van der Waals surface area (Å²) >= 11 is 0. The van der Waals surface area contributed by atoms with Crippen LogP contribution in [0.2, 0.25) is 0 Å². The summed E-state index contributed by atoms with van der Waals surface area (Å²) in [7, 11) is 0. The lowest BCUT2D eigenvalue weighted by molar-refractivity contribution is -0.118.